The lowest BCUT2D eigenvalue weighted by Gasteiger charge is -2.13. The van der Waals surface area contributed by atoms with E-state index in [1.165, 1.54) is 28.8 Å². The summed E-state index contributed by atoms with van der Waals surface area (Å²) in [5.74, 6) is -2.24. The molecule has 33 heavy (non-hydrogen) atoms. The van der Waals surface area contributed by atoms with E-state index in [-0.39, 0.29) is 22.3 Å². The zero-order valence-corrected chi connectivity index (χ0v) is 17.5. The summed E-state index contributed by atoms with van der Waals surface area (Å²) in [6, 6.07) is 14.7. The maximum Gasteiger partial charge on any atom is 0.271 e. The first-order valence-electron chi connectivity index (χ1n) is 9.48. The number of nitro benzene ring substituents is 1. The highest BCUT2D eigenvalue weighted by Crippen LogP contribution is 2.24. The van der Waals surface area contributed by atoms with Gasteiger partial charge in [0, 0.05) is 12.1 Å². The molecule has 0 aliphatic rings. The second-order valence-corrected chi connectivity index (χ2v) is 7.73. The molecule has 166 valence electrons. The minimum absolute atomic E-state index is 0.167. The Labute approximate surface area is 189 Å². The fraction of sp³-hybridized carbons (Fsp3) is 0.0455. The number of non-ortho nitro benzene ring substituents is 1. The zero-order valence-electron chi connectivity index (χ0n) is 16.7. The topological polar surface area (TPSA) is 107 Å². The highest BCUT2D eigenvalue weighted by Gasteiger charge is 2.17. The fourth-order valence-electron chi connectivity index (χ4n) is 3.07. The van der Waals surface area contributed by atoms with E-state index in [1.807, 2.05) is 0 Å². The molecule has 1 N–H and O–H groups in total. The third-order valence-corrected chi connectivity index (χ3v) is 5.54. The van der Waals surface area contributed by atoms with Crippen molar-refractivity contribution >= 4 is 39.9 Å². The Bertz CT molecular complexity index is 1440. The number of nitrogens with zero attached hydrogens (tertiary/aromatic N) is 3. The van der Waals surface area contributed by atoms with E-state index in [0.29, 0.717) is 16.6 Å². The van der Waals surface area contributed by atoms with E-state index in [2.05, 4.69) is 10.3 Å². The third-order valence-electron chi connectivity index (χ3n) is 4.60. The summed E-state index contributed by atoms with van der Waals surface area (Å²) in [6.45, 7) is 0. The predicted molar refractivity (Wildman–Crippen MR) is 120 cm³/mol. The van der Waals surface area contributed by atoms with Gasteiger partial charge < -0.3 is 5.32 Å². The molecule has 0 fully saturated rings. The Hall–Kier alpha value is -4.12. The Morgan fingerprint density at radius 1 is 1.09 bits per heavy atom. The maximum atomic E-state index is 14.0. The number of para-hydroxylation sites is 1. The van der Waals surface area contributed by atoms with Crippen LogP contribution < -0.4 is 10.9 Å². The summed E-state index contributed by atoms with van der Waals surface area (Å²) in [6.07, 6.45) is 0. The molecule has 4 rings (SSSR count). The highest BCUT2D eigenvalue weighted by molar-refractivity contribution is 7.99. The molecule has 1 aromatic heterocycles. The minimum Gasteiger partial charge on any atom is -0.323 e. The van der Waals surface area contributed by atoms with Gasteiger partial charge in [0.1, 0.15) is 11.6 Å². The molecule has 8 nitrogen and oxygen atoms in total. The van der Waals surface area contributed by atoms with Crippen molar-refractivity contribution in [3.8, 4) is 5.69 Å². The van der Waals surface area contributed by atoms with Gasteiger partial charge in [0.2, 0.25) is 5.91 Å². The van der Waals surface area contributed by atoms with Crippen molar-refractivity contribution in [3.63, 3.8) is 0 Å². The number of halogens is 2. The largest absolute Gasteiger partial charge is 0.323 e. The van der Waals surface area contributed by atoms with Gasteiger partial charge in [-0.25, -0.2) is 13.8 Å². The van der Waals surface area contributed by atoms with Gasteiger partial charge in [-0.15, -0.1) is 0 Å². The van der Waals surface area contributed by atoms with Gasteiger partial charge in [-0.05, 0) is 42.5 Å². The summed E-state index contributed by atoms with van der Waals surface area (Å²) in [5.41, 5.74) is -0.349. The Morgan fingerprint density at radius 2 is 1.82 bits per heavy atom. The lowest BCUT2D eigenvalue weighted by molar-refractivity contribution is -0.384. The normalized spacial score (nSPS) is 10.8. The van der Waals surface area contributed by atoms with Crippen LogP contribution in [0, 0.1) is 21.7 Å². The maximum absolute atomic E-state index is 14.0. The van der Waals surface area contributed by atoms with Crippen LogP contribution in [-0.2, 0) is 4.79 Å². The smallest absolute Gasteiger partial charge is 0.271 e. The number of anilines is 1. The zero-order chi connectivity index (χ0) is 23.5. The Balaban J connectivity index is 1.65. The quantitative estimate of drug-likeness (QED) is 0.196. The summed E-state index contributed by atoms with van der Waals surface area (Å²) < 4.78 is 28.6. The van der Waals surface area contributed by atoms with Crippen molar-refractivity contribution in [1.82, 2.24) is 9.55 Å². The van der Waals surface area contributed by atoms with Gasteiger partial charge in [-0.1, -0.05) is 23.9 Å². The molecule has 0 unspecified atom stereocenters. The summed E-state index contributed by atoms with van der Waals surface area (Å²) in [5, 5.41) is 13.7. The molecule has 0 aliphatic heterocycles. The van der Waals surface area contributed by atoms with Crippen LogP contribution in [0.3, 0.4) is 0 Å². The van der Waals surface area contributed by atoms with Gasteiger partial charge in [0.15, 0.2) is 5.16 Å². The molecule has 1 heterocycles. The Morgan fingerprint density at radius 3 is 2.55 bits per heavy atom. The molecule has 0 saturated carbocycles. The van der Waals surface area contributed by atoms with Gasteiger partial charge in [0.25, 0.3) is 11.2 Å². The standard InChI is InChI=1S/C22H14F2N4O4S/c23-13-5-7-14(8-6-13)27-21(30)16-3-1-2-4-18(16)26-22(27)33-12-20(29)25-19-11-15(28(31)32)9-10-17(19)24/h1-11H,12H2,(H,25,29). The molecule has 0 aliphatic carbocycles. The summed E-state index contributed by atoms with van der Waals surface area (Å²) >= 11 is 0.909. The molecule has 0 saturated heterocycles. The lowest BCUT2D eigenvalue weighted by atomic mass is 10.2. The van der Waals surface area contributed by atoms with E-state index in [4.69, 9.17) is 0 Å². The van der Waals surface area contributed by atoms with Crippen molar-refractivity contribution in [3.05, 3.63) is 98.8 Å². The number of benzene rings is 3. The number of nitro groups is 1. The number of fused-ring (bicyclic) bond motifs is 1. The SMILES string of the molecule is O=C(CSc1nc2ccccc2c(=O)n1-c1ccc(F)cc1)Nc1cc([N+](=O)[O-])ccc1F. The molecular formula is C22H14F2N4O4S. The monoisotopic (exact) mass is 468 g/mol. The molecule has 11 heteroatoms. The minimum atomic E-state index is -0.828. The number of aromatic nitrogens is 2. The number of hydrogen-bond donors (Lipinski definition) is 1. The van der Waals surface area contributed by atoms with Crippen LogP contribution in [0.5, 0.6) is 0 Å². The van der Waals surface area contributed by atoms with E-state index < -0.39 is 28.0 Å². The molecule has 3 aromatic carbocycles. The van der Waals surface area contributed by atoms with Crippen molar-refractivity contribution in [2.75, 3.05) is 11.1 Å². The number of carbonyl (C=O) groups excluding carboxylic acids is 1. The first-order valence-corrected chi connectivity index (χ1v) is 10.5. The first-order chi connectivity index (χ1) is 15.8. The van der Waals surface area contributed by atoms with Crippen LogP contribution in [-0.4, -0.2) is 26.1 Å². The molecule has 0 atom stereocenters. The number of amides is 1. The molecule has 1 amide bonds. The van der Waals surface area contributed by atoms with E-state index >= 15 is 0 Å². The highest BCUT2D eigenvalue weighted by atomic mass is 32.2. The van der Waals surface area contributed by atoms with Gasteiger partial charge in [-0.3, -0.25) is 24.3 Å². The molecule has 0 radical (unpaired) electrons. The third kappa shape index (κ3) is 4.72. The molecule has 0 bridgehead atoms. The summed E-state index contributed by atoms with van der Waals surface area (Å²) in [7, 11) is 0. The van der Waals surface area contributed by atoms with Crippen LogP contribution in [0.15, 0.2) is 76.7 Å². The van der Waals surface area contributed by atoms with Crippen LogP contribution in [0.2, 0.25) is 0 Å². The first kappa shape index (κ1) is 22.1. The van der Waals surface area contributed by atoms with E-state index in [0.717, 1.165) is 30.0 Å². The average Bonchev–Trinajstić information content (AvgIpc) is 2.80. The van der Waals surface area contributed by atoms with Crippen molar-refractivity contribution in [2.24, 2.45) is 0 Å². The van der Waals surface area contributed by atoms with Crippen molar-refractivity contribution < 1.29 is 18.5 Å². The van der Waals surface area contributed by atoms with Crippen molar-refractivity contribution in [1.29, 1.82) is 0 Å². The van der Waals surface area contributed by atoms with Crippen molar-refractivity contribution in [2.45, 2.75) is 5.16 Å². The average molecular weight is 468 g/mol. The van der Waals surface area contributed by atoms with Crippen LogP contribution >= 0.6 is 11.8 Å². The fourth-order valence-corrected chi connectivity index (χ4v) is 3.88. The van der Waals surface area contributed by atoms with Crippen LogP contribution in [0.25, 0.3) is 16.6 Å². The van der Waals surface area contributed by atoms with Gasteiger partial charge >= 0.3 is 0 Å². The van der Waals surface area contributed by atoms with Crippen LogP contribution in [0.4, 0.5) is 20.2 Å². The Kier molecular flexibility index (Phi) is 6.13. The van der Waals surface area contributed by atoms with Gasteiger partial charge in [0.05, 0.1) is 33.0 Å². The second kappa shape index (κ2) is 9.17. The number of nitrogens with one attached hydrogen (secondary N) is 1. The second-order valence-electron chi connectivity index (χ2n) is 6.79. The number of carbonyl (C=O) groups is 1. The van der Waals surface area contributed by atoms with Crippen LogP contribution in [0.1, 0.15) is 0 Å². The summed E-state index contributed by atoms with van der Waals surface area (Å²) in [4.78, 5) is 40.2. The number of hydrogen-bond acceptors (Lipinski definition) is 6. The van der Waals surface area contributed by atoms with E-state index in [9.17, 15) is 28.5 Å². The van der Waals surface area contributed by atoms with E-state index in [1.54, 1.807) is 24.3 Å². The molecule has 4 aromatic rings. The number of rotatable bonds is 6. The lowest BCUT2D eigenvalue weighted by Crippen LogP contribution is -2.23. The number of thioether (sulfide) groups is 1. The molecule has 0 spiro atoms. The predicted octanol–water partition coefficient (Wildman–Crippen LogP) is 4.30. The molecular weight excluding hydrogens is 454 g/mol. The van der Waals surface area contributed by atoms with Gasteiger partial charge in [-0.2, -0.15) is 0 Å².